The summed E-state index contributed by atoms with van der Waals surface area (Å²) in [5.41, 5.74) is -0.496. The predicted octanol–water partition coefficient (Wildman–Crippen LogP) is -1.00. The molecule has 0 bridgehead atoms. The number of carbonyl (C=O) groups excluding carboxylic acids is 1. The number of carbonyl (C=O) groups is 1. The molecule has 3 atom stereocenters. The maximum Gasteiger partial charge on any atom is 0.152 e. The lowest BCUT2D eigenvalue weighted by molar-refractivity contribution is -0.120. The van der Waals surface area contributed by atoms with E-state index in [2.05, 4.69) is 0 Å². The highest BCUT2D eigenvalue weighted by Gasteiger charge is 2.30. The molecule has 0 radical (unpaired) electrons. The number of rotatable bonds is 3. The van der Waals surface area contributed by atoms with Crippen LogP contribution in [0.15, 0.2) is 0 Å². The monoisotopic (exact) mass is 178 g/mol. The van der Waals surface area contributed by atoms with Crippen molar-refractivity contribution in [3.8, 4) is 0 Å². The number of hydrogen-bond acceptors (Lipinski definition) is 5. The van der Waals surface area contributed by atoms with Crippen LogP contribution in [0, 0.1) is 0 Å². The maximum absolute atomic E-state index is 10.1. The summed E-state index contributed by atoms with van der Waals surface area (Å²) in [6, 6.07) is 0. The van der Waals surface area contributed by atoms with Gasteiger partial charge in [0.05, 0.1) is 12.7 Å². The van der Waals surface area contributed by atoms with E-state index in [1.54, 1.807) is 0 Å². The molecule has 0 aliphatic carbocycles. The van der Waals surface area contributed by atoms with Crippen molar-refractivity contribution >= 4 is 18.0 Å². The zero-order chi connectivity index (χ0) is 8.27. The third-order valence-corrected chi connectivity index (χ3v) is 2.68. The van der Waals surface area contributed by atoms with E-state index in [9.17, 15) is 4.79 Å². The molecule has 0 saturated carbocycles. The molecule has 1 fully saturated rings. The van der Waals surface area contributed by atoms with Gasteiger partial charge in [-0.15, -0.1) is 11.8 Å². The van der Waals surface area contributed by atoms with Crippen LogP contribution in [0.2, 0.25) is 0 Å². The summed E-state index contributed by atoms with van der Waals surface area (Å²) < 4.78 is 5.09. The predicted molar refractivity (Wildman–Crippen MR) is 40.3 cm³/mol. The Morgan fingerprint density at radius 1 is 1.82 bits per heavy atom. The highest BCUT2D eigenvalue weighted by Crippen LogP contribution is 2.26. The molecule has 1 aliphatic rings. The minimum Gasteiger partial charge on any atom is -0.394 e. The standard InChI is InChI=1S/C6H10O4S/c7-1-4-3-11-6(10-4)5(9)2-8/h2,4-7,9H,1,3H2/t4-,5+,6-/m0/s1. The van der Waals surface area contributed by atoms with Crippen molar-refractivity contribution in [3.63, 3.8) is 0 Å². The molecule has 2 N–H and O–H groups in total. The van der Waals surface area contributed by atoms with Crippen LogP contribution in [-0.2, 0) is 9.53 Å². The van der Waals surface area contributed by atoms with E-state index in [1.807, 2.05) is 0 Å². The first-order valence-electron chi connectivity index (χ1n) is 3.29. The maximum atomic E-state index is 10.1. The fourth-order valence-electron chi connectivity index (χ4n) is 0.809. The van der Waals surface area contributed by atoms with Gasteiger partial charge in [-0.1, -0.05) is 0 Å². The first-order chi connectivity index (χ1) is 5.27. The summed E-state index contributed by atoms with van der Waals surface area (Å²) in [5.74, 6) is 0.631. The molecule has 1 rings (SSSR count). The van der Waals surface area contributed by atoms with E-state index in [1.165, 1.54) is 11.8 Å². The molecule has 11 heavy (non-hydrogen) atoms. The molecular weight excluding hydrogens is 168 g/mol. The van der Waals surface area contributed by atoms with Crippen LogP contribution in [0.3, 0.4) is 0 Å². The smallest absolute Gasteiger partial charge is 0.152 e. The molecule has 0 unspecified atom stereocenters. The number of hydrogen-bond donors (Lipinski definition) is 2. The molecule has 1 heterocycles. The first kappa shape index (κ1) is 8.99. The number of aliphatic hydroxyl groups is 2. The second kappa shape index (κ2) is 4.06. The highest BCUT2D eigenvalue weighted by atomic mass is 32.2. The first-order valence-corrected chi connectivity index (χ1v) is 4.34. The van der Waals surface area contributed by atoms with Crippen molar-refractivity contribution in [3.05, 3.63) is 0 Å². The molecule has 0 aromatic heterocycles. The number of aldehydes is 1. The average Bonchev–Trinajstić information content (AvgIpc) is 2.50. The van der Waals surface area contributed by atoms with E-state index in [0.29, 0.717) is 12.0 Å². The van der Waals surface area contributed by atoms with Gasteiger partial charge >= 0.3 is 0 Å². The lowest BCUT2D eigenvalue weighted by Gasteiger charge is -2.11. The van der Waals surface area contributed by atoms with Gasteiger partial charge in [0, 0.05) is 5.75 Å². The topological polar surface area (TPSA) is 66.8 Å². The Balaban J connectivity index is 2.34. The third kappa shape index (κ3) is 2.16. The summed E-state index contributed by atoms with van der Waals surface area (Å²) in [7, 11) is 0. The SMILES string of the molecule is O=C[C@@H](O)[C@H]1O[C@@H](CO)CS1. The van der Waals surface area contributed by atoms with Gasteiger partial charge in [-0.05, 0) is 0 Å². The summed E-state index contributed by atoms with van der Waals surface area (Å²) in [5, 5.41) is 17.6. The lowest BCUT2D eigenvalue weighted by atomic mass is 10.4. The average molecular weight is 178 g/mol. The molecule has 64 valence electrons. The van der Waals surface area contributed by atoms with Gasteiger partial charge in [0.2, 0.25) is 0 Å². The van der Waals surface area contributed by atoms with Crippen LogP contribution < -0.4 is 0 Å². The van der Waals surface area contributed by atoms with Crippen LogP contribution in [0.1, 0.15) is 0 Å². The van der Waals surface area contributed by atoms with Crippen LogP contribution in [0.5, 0.6) is 0 Å². The van der Waals surface area contributed by atoms with Crippen molar-refractivity contribution in [2.75, 3.05) is 12.4 Å². The van der Waals surface area contributed by atoms with Crippen molar-refractivity contribution < 1.29 is 19.7 Å². The Kier molecular flexibility index (Phi) is 3.32. The third-order valence-electron chi connectivity index (χ3n) is 1.39. The summed E-state index contributed by atoms with van der Waals surface area (Å²) >= 11 is 1.34. The number of ether oxygens (including phenoxy) is 1. The van der Waals surface area contributed by atoms with Crippen molar-refractivity contribution in [1.29, 1.82) is 0 Å². The van der Waals surface area contributed by atoms with E-state index in [4.69, 9.17) is 14.9 Å². The largest absolute Gasteiger partial charge is 0.394 e. The van der Waals surface area contributed by atoms with Crippen molar-refractivity contribution in [2.24, 2.45) is 0 Å². The van der Waals surface area contributed by atoms with Gasteiger partial charge in [-0.3, -0.25) is 0 Å². The molecule has 0 amide bonds. The second-order valence-corrected chi connectivity index (χ2v) is 3.40. The molecule has 0 aromatic carbocycles. The molecule has 1 saturated heterocycles. The Bertz CT molecular complexity index is 141. The number of aliphatic hydroxyl groups excluding tert-OH is 2. The molecule has 4 nitrogen and oxygen atoms in total. The minimum absolute atomic E-state index is 0.0604. The van der Waals surface area contributed by atoms with Gasteiger partial charge < -0.3 is 19.7 Å². The molecule has 1 aliphatic heterocycles. The van der Waals surface area contributed by atoms with Crippen molar-refractivity contribution in [1.82, 2.24) is 0 Å². The Labute approximate surface area is 68.5 Å². The minimum atomic E-state index is -1.07. The van der Waals surface area contributed by atoms with E-state index in [0.717, 1.165) is 0 Å². The quantitative estimate of drug-likeness (QED) is 0.542. The van der Waals surface area contributed by atoms with Gasteiger partial charge in [-0.2, -0.15) is 0 Å². The molecular formula is C6H10O4S. The van der Waals surface area contributed by atoms with Crippen LogP contribution >= 0.6 is 11.8 Å². The normalized spacial score (nSPS) is 33.6. The summed E-state index contributed by atoms with van der Waals surface area (Å²) in [6.07, 6.45) is -0.867. The van der Waals surface area contributed by atoms with Gasteiger partial charge in [0.1, 0.15) is 11.5 Å². The van der Waals surface area contributed by atoms with Gasteiger partial charge in [0.15, 0.2) is 6.29 Å². The van der Waals surface area contributed by atoms with Crippen LogP contribution in [-0.4, -0.2) is 46.5 Å². The summed E-state index contributed by atoms with van der Waals surface area (Å²) in [6.45, 7) is -0.0604. The fourth-order valence-corrected chi connectivity index (χ4v) is 1.89. The Morgan fingerprint density at radius 3 is 3.00 bits per heavy atom. The summed E-state index contributed by atoms with van der Waals surface area (Å²) in [4.78, 5) is 10.1. The van der Waals surface area contributed by atoms with Crippen LogP contribution in [0.4, 0.5) is 0 Å². The Morgan fingerprint density at radius 2 is 2.55 bits per heavy atom. The molecule has 0 spiro atoms. The van der Waals surface area contributed by atoms with Gasteiger partial charge in [0.25, 0.3) is 0 Å². The van der Waals surface area contributed by atoms with Crippen LogP contribution in [0.25, 0.3) is 0 Å². The van der Waals surface area contributed by atoms with E-state index in [-0.39, 0.29) is 12.7 Å². The molecule has 0 aromatic rings. The van der Waals surface area contributed by atoms with E-state index >= 15 is 0 Å². The van der Waals surface area contributed by atoms with Gasteiger partial charge in [-0.25, -0.2) is 0 Å². The Hall–Kier alpha value is -0.100. The number of thioether (sulfide) groups is 1. The zero-order valence-electron chi connectivity index (χ0n) is 5.84. The van der Waals surface area contributed by atoms with Crippen molar-refractivity contribution in [2.45, 2.75) is 17.6 Å². The molecule has 5 heteroatoms. The highest BCUT2D eigenvalue weighted by molar-refractivity contribution is 8.00. The zero-order valence-corrected chi connectivity index (χ0v) is 6.66. The van der Waals surface area contributed by atoms with E-state index < -0.39 is 11.5 Å². The fraction of sp³-hybridized carbons (Fsp3) is 0.833. The second-order valence-electron chi connectivity index (χ2n) is 2.27. The lowest BCUT2D eigenvalue weighted by Crippen LogP contribution is -2.26.